The molecule has 0 unspecified atom stereocenters. The molecule has 0 spiro atoms. The first-order valence-corrected chi connectivity index (χ1v) is 8.76. The highest BCUT2D eigenvalue weighted by Crippen LogP contribution is 2.19. The van der Waals surface area contributed by atoms with Crippen molar-refractivity contribution in [3.8, 4) is 11.1 Å². The number of rotatable bonds is 7. The van der Waals surface area contributed by atoms with E-state index in [9.17, 15) is 4.79 Å². The normalized spacial score (nSPS) is 10.4. The Bertz CT molecular complexity index is 779. The maximum atomic E-state index is 12.0. The van der Waals surface area contributed by atoms with Gasteiger partial charge in [0.15, 0.2) is 0 Å². The van der Waals surface area contributed by atoms with Crippen molar-refractivity contribution in [2.45, 2.75) is 25.8 Å². The van der Waals surface area contributed by atoms with Gasteiger partial charge in [0.05, 0.1) is 0 Å². The number of carbonyl (C=O) groups excluding carboxylic acids is 1. The van der Waals surface area contributed by atoms with Gasteiger partial charge in [-0.25, -0.2) is 0 Å². The maximum absolute atomic E-state index is 12.0. The molecule has 0 saturated carbocycles. The number of benzene rings is 3. The van der Waals surface area contributed by atoms with E-state index in [0.717, 1.165) is 18.4 Å². The highest BCUT2D eigenvalue weighted by atomic mass is 16.1. The Balaban J connectivity index is 1.43. The van der Waals surface area contributed by atoms with Crippen LogP contribution in [-0.4, -0.2) is 5.91 Å². The first kappa shape index (κ1) is 17.0. The average molecular weight is 329 g/mol. The second-order valence-electron chi connectivity index (χ2n) is 6.18. The minimum Gasteiger partial charge on any atom is -0.352 e. The monoisotopic (exact) mass is 329 g/mol. The standard InChI is InChI=1S/C23H23NO/c25-23(13-7-10-19-8-3-1-4-9-19)24-18-20-14-16-22(17-15-20)21-11-5-2-6-12-21/h1-6,8-9,11-12,14-17H,7,10,13,18H2,(H,24,25). The Morgan fingerprint density at radius 2 is 1.28 bits per heavy atom. The molecule has 1 amide bonds. The largest absolute Gasteiger partial charge is 0.352 e. The lowest BCUT2D eigenvalue weighted by molar-refractivity contribution is -0.121. The van der Waals surface area contributed by atoms with Crippen LogP contribution in [0.5, 0.6) is 0 Å². The Labute approximate surface area is 149 Å². The fourth-order valence-electron chi connectivity index (χ4n) is 2.83. The minimum absolute atomic E-state index is 0.114. The molecule has 3 rings (SSSR count). The third kappa shape index (κ3) is 5.32. The summed E-state index contributed by atoms with van der Waals surface area (Å²) in [5.41, 5.74) is 4.81. The molecule has 0 aliphatic rings. The number of hydrogen-bond donors (Lipinski definition) is 1. The smallest absolute Gasteiger partial charge is 0.220 e. The second-order valence-corrected chi connectivity index (χ2v) is 6.18. The van der Waals surface area contributed by atoms with E-state index in [0.29, 0.717) is 13.0 Å². The second kappa shape index (κ2) is 8.84. The van der Waals surface area contributed by atoms with Crippen LogP contribution in [-0.2, 0) is 17.8 Å². The lowest BCUT2D eigenvalue weighted by Crippen LogP contribution is -2.22. The molecule has 0 aliphatic heterocycles. The van der Waals surface area contributed by atoms with E-state index in [4.69, 9.17) is 0 Å². The van der Waals surface area contributed by atoms with Crippen molar-refractivity contribution in [3.05, 3.63) is 96.1 Å². The zero-order valence-corrected chi connectivity index (χ0v) is 14.3. The number of carbonyl (C=O) groups is 1. The molecule has 2 nitrogen and oxygen atoms in total. The van der Waals surface area contributed by atoms with Crippen LogP contribution in [0.25, 0.3) is 11.1 Å². The first-order valence-electron chi connectivity index (χ1n) is 8.76. The molecule has 0 fully saturated rings. The van der Waals surface area contributed by atoms with Crippen LogP contribution in [0.15, 0.2) is 84.9 Å². The van der Waals surface area contributed by atoms with E-state index < -0.39 is 0 Å². The van der Waals surface area contributed by atoms with Crippen molar-refractivity contribution >= 4 is 5.91 Å². The summed E-state index contributed by atoms with van der Waals surface area (Å²) in [4.78, 5) is 12.0. The summed E-state index contributed by atoms with van der Waals surface area (Å²) in [7, 11) is 0. The van der Waals surface area contributed by atoms with Gasteiger partial charge in [0.25, 0.3) is 0 Å². The topological polar surface area (TPSA) is 29.1 Å². The molecule has 126 valence electrons. The summed E-state index contributed by atoms with van der Waals surface area (Å²) in [6, 6.07) is 29.0. The summed E-state index contributed by atoms with van der Waals surface area (Å²) in [6.45, 7) is 0.583. The van der Waals surface area contributed by atoms with Gasteiger partial charge in [0.2, 0.25) is 5.91 Å². The molecule has 0 saturated heterocycles. The molecule has 3 aromatic rings. The van der Waals surface area contributed by atoms with Crippen LogP contribution in [0.1, 0.15) is 24.0 Å². The van der Waals surface area contributed by atoms with E-state index in [1.165, 1.54) is 16.7 Å². The lowest BCUT2D eigenvalue weighted by Gasteiger charge is -2.07. The summed E-state index contributed by atoms with van der Waals surface area (Å²) in [5.74, 6) is 0.114. The highest BCUT2D eigenvalue weighted by molar-refractivity contribution is 5.75. The fraction of sp³-hybridized carbons (Fsp3) is 0.174. The molecule has 25 heavy (non-hydrogen) atoms. The lowest BCUT2D eigenvalue weighted by atomic mass is 10.0. The van der Waals surface area contributed by atoms with Gasteiger partial charge >= 0.3 is 0 Å². The molecule has 0 heterocycles. The SMILES string of the molecule is O=C(CCCc1ccccc1)NCc1ccc(-c2ccccc2)cc1. The van der Waals surface area contributed by atoms with Crippen molar-refractivity contribution in [2.75, 3.05) is 0 Å². The van der Waals surface area contributed by atoms with E-state index in [1.807, 2.05) is 36.4 Å². The van der Waals surface area contributed by atoms with Crippen LogP contribution in [0.4, 0.5) is 0 Å². The maximum Gasteiger partial charge on any atom is 0.220 e. The van der Waals surface area contributed by atoms with Crippen LogP contribution in [0.3, 0.4) is 0 Å². The number of nitrogens with one attached hydrogen (secondary N) is 1. The number of hydrogen-bond acceptors (Lipinski definition) is 1. The van der Waals surface area contributed by atoms with E-state index in [2.05, 4.69) is 53.8 Å². The zero-order valence-electron chi connectivity index (χ0n) is 14.3. The van der Waals surface area contributed by atoms with Crippen molar-refractivity contribution in [3.63, 3.8) is 0 Å². The van der Waals surface area contributed by atoms with Crippen LogP contribution >= 0.6 is 0 Å². The van der Waals surface area contributed by atoms with Crippen LogP contribution < -0.4 is 5.32 Å². The van der Waals surface area contributed by atoms with Gasteiger partial charge in [-0.1, -0.05) is 84.9 Å². The van der Waals surface area contributed by atoms with Gasteiger partial charge in [-0.2, -0.15) is 0 Å². The van der Waals surface area contributed by atoms with Crippen LogP contribution in [0, 0.1) is 0 Å². The van der Waals surface area contributed by atoms with Gasteiger partial charge in [-0.05, 0) is 35.1 Å². The molecule has 0 atom stereocenters. The van der Waals surface area contributed by atoms with Gasteiger partial charge in [0, 0.05) is 13.0 Å². The van der Waals surface area contributed by atoms with Crippen molar-refractivity contribution in [1.82, 2.24) is 5.32 Å². The van der Waals surface area contributed by atoms with Gasteiger partial charge in [-0.15, -0.1) is 0 Å². The van der Waals surface area contributed by atoms with Crippen molar-refractivity contribution < 1.29 is 4.79 Å². The van der Waals surface area contributed by atoms with Gasteiger partial charge < -0.3 is 5.32 Å². The minimum atomic E-state index is 0.114. The van der Waals surface area contributed by atoms with Crippen LogP contribution in [0.2, 0.25) is 0 Å². The zero-order chi connectivity index (χ0) is 17.3. The molecule has 2 heteroatoms. The summed E-state index contributed by atoms with van der Waals surface area (Å²) >= 11 is 0. The molecule has 1 N–H and O–H groups in total. The molecule has 0 aliphatic carbocycles. The quantitative estimate of drug-likeness (QED) is 0.650. The van der Waals surface area contributed by atoms with Crippen molar-refractivity contribution in [2.24, 2.45) is 0 Å². The fourth-order valence-corrected chi connectivity index (χ4v) is 2.83. The molecule has 0 radical (unpaired) electrons. The average Bonchev–Trinajstić information content (AvgIpc) is 2.68. The number of aryl methyl sites for hydroxylation is 1. The third-order valence-electron chi connectivity index (χ3n) is 4.26. The van der Waals surface area contributed by atoms with Gasteiger partial charge in [0.1, 0.15) is 0 Å². The number of amides is 1. The third-order valence-corrected chi connectivity index (χ3v) is 4.26. The highest BCUT2D eigenvalue weighted by Gasteiger charge is 2.03. The molecule has 0 aromatic heterocycles. The molecular weight excluding hydrogens is 306 g/mol. The molecule has 0 bridgehead atoms. The Hall–Kier alpha value is -2.87. The first-order chi connectivity index (χ1) is 12.3. The summed E-state index contributed by atoms with van der Waals surface area (Å²) < 4.78 is 0. The Morgan fingerprint density at radius 1 is 0.680 bits per heavy atom. The van der Waals surface area contributed by atoms with Gasteiger partial charge in [-0.3, -0.25) is 4.79 Å². The summed E-state index contributed by atoms with van der Waals surface area (Å²) in [6.07, 6.45) is 2.39. The predicted molar refractivity (Wildman–Crippen MR) is 103 cm³/mol. The predicted octanol–water partition coefficient (Wildman–Crippen LogP) is 4.99. The van der Waals surface area contributed by atoms with E-state index >= 15 is 0 Å². The Kier molecular flexibility index (Phi) is 6.00. The van der Waals surface area contributed by atoms with E-state index in [1.54, 1.807) is 0 Å². The molecule has 3 aromatic carbocycles. The Morgan fingerprint density at radius 3 is 1.96 bits per heavy atom. The van der Waals surface area contributed by atoms with E-state index in [-0.39, 0.29) is 5.91 Å². The summed E-state index contributed by atoms with van der Waals surface area (Å²) in [5, 5.41) is 3.01. The molecular formula is C23H23NO. The van der Waals surface area contributed by atoms with Crippen molar-refractivity contribution in [1.29, 1.82) is 0 Å².